The average molecular weight is 299 g/mol. The number of thioether (sulfide) groups is 1. The average Bonchev–Trinajstić information content (AvgIpc) is 3.06. The summed E-state index contributed by atoms with van der Waals surface area (Å²) in [6, 6.07) is 2.74. The molecular weight excluding hydrogens is 290 g/mol. The Morgan fingerprint density at radius 1 is 1.45 bits per heavy atom. The van der Waals surface area contributed by atoms with Gasteiger partial charge in [0.05, 0.1) is 18.4 Å². The number of hydrogen-bond acceptors (Lipinski definition) is 9. The van der Waals surface area contributed by atoms with Crippen LogP contribution >= 0.6 is 11.8 Å². The molecule has 0 saturated carbocycles. The molecule has 9 nitrogen and oxygen atoms in total. The zero-order valence-electron chi connectivity index (χ0n) is 10.3. The molecule has 0 aliphatic rings. The molecular formula is C10H9N3O6S. The number of aromatic nitrogens is 2. The summed E-state index contributed by atoms with van der Waals surface area (Å²) in [7, 11) is 0. The Hall–Kier alpha value is -2.36. The molecule has 2 aromatic rings. The highest BCUT2D eigenvalue weighted by Crippen LogP contribution is 2.24. The van der Waals surface area contributed by atoms with Crippen LogP contribution < -0.4 is 0 Å². The van der Waals surface area contributed by atoms with Gasteiger partial charge in [0.1, 0.15) is 10.7 Å². The molecule has 0 fully saturated rings. The number of nitro groups is 1. The van der Waals surface area contributed by atoms with Gasteiger partial charge in [0.15, 0.2) is 0 Å². The molecule has 106 valence electrons. The molecule has 0 unspecified atom stereocenters. The van der Waals surface area contributed by atoms with Crippen molar-refractivity contribution in [3.05, 3.63) is 33.9 Å². The van der Waals surface area contributed by atoms with Gasteiger partial charge < -0.3 is 13.6 Å². The van der Waals surface area contributed by atoms with Crippen molar-refractivity contribution in [1.29, 1.82) is 0 Å². The van der Waals surface area contributed by atoms with E-state index in [1.807, 2.05) is 0 Å². The summed E-state index contributed by atoms with van der Waals surface area (Å²) in [5.41, 5.74) is 0. The van der Waals surface area contributed by atoms with Crippen LogP contribution in [0.1, 0.15) is 23.4 Å². The Kier molecular flexibility index (Phi) is 4.35. The highest BCUT2D eigenvalue weighted by atomic mass is 32.2. The summed E-state index contributed by atoms with van der Waals surface area (Å²) < 4.78 is 14.7. The minimum atomic E-state index is -0.694. The maximum atomic E-state index is 11.3. The number of esters is 1. The highest BCUT2D eigenvalue weighted by Gasteiger charge is 2.17. The van der Waals surface area contributed by atoms with Gasteiger partial charge >= 0.3 is 17.7 Å². The van der Waals surface area contributed by atoms with Gasteiger partial charge in [-0.1, -0.05) is 16.9 Å². The Labute approximate surface area is 116 Å². The first-order valence-corrected chi connectivity index (χ1v) is 6.45. The molecule has 0 spiro atoms. The number of carbonyl (C=O) groups is 1. The fourth-order valence-corrected chi connectivity index (χ4v) is 1.88. The lowest BCUT2D eigenvalue weighted by molar-refractivity contribution is -0.402. The van der Waals surface area contributed by atoms with E-state index >= 15 is 0 Å². The summed E-state index contributed by atoms with van der Waals surface area (Å²) in [5, 5.41) is 17.8. The van der Waals surface area contributed by atoms with Crippen LogP contribution in [0.4, 0.5) is 5.88 Å². The van der Waals surface area contributed by atoms with Crippen LogP contribution in [0.2, 0.25) is 0 Å². The lowest BCUT2D eigenvalue weighted by Crippen LogP contribution is -2.04. The van der Waals surface area contributed by atoms with Crippen molar-refractivity contribution in [2.45, 2.75) is 17.9 Å². The van der Waals surface area contributed by atoms with Gasteiger partial charge in [0.25, 0.3) is 5.22 Å². The van der Waals surface area contributed by atoms with Crippen LogP contribution in [0, 0.1) is 10.1 Å². The topological polar surface area (TPSA) is 122 Å². The number of furan rings is 1. The van der Waals surface area contributed by atoms with Crippen molar-refractivity contribution in [1.82, 2.24) is 10.2 Å². The maximum absolute atomic E-state index is 11.3. The Bertz CT molecular complexity index is 622. The zero-order chi connectivity index (χ0) is 14.5. The van der Waals surface area contributed by atoms with Crippen molar-refractivity contribution >= 4 is 23.6 Å². The smallest absolute Gasteiger partial charge is 0.433 e. The summed E-state index contributed by atoms with van der Waals surface area (Å²) in [6.07, 6.45) is 0. The second-order valence-corrected chi connectivity index (χ2v) is 4.31. The van der Waals surface area contributed by atoms with E-state index in [-0.39, 0.29) is 29.4 Å². The summed E-state index contributed by atoms with van der Waals surface area (Å²) >= 11 is 1.09. The second-order valence-electron chi connectivity index (χ2n) is 3.38. The molecule has 0 atom stereocenters. The Morgan fingerprint density at radius 3 is 2.90 bits per heavy atom. The van der Waals surface area contributed by atoms with Gasteiger partial charge in [0, 0.05) is 0 Å². The van der Waals surface area contributed by atoms with Crippen LogP contribution in [0.15, 0.2) is 26.2 Å². The molecule has 2 aromatic heterocycles. The molecule has 0 aliphatic carbocycles. The van der Waals surface area contributed by atoms with E-state index in [4.69, 9.17) is 13.6 Å². The molecule has 2 rings (SSSR count). The lowest BCUT2D eigenvalue weighted by atomic mass is 10.5. The quantitative estimate of drug-likeness (QED) is 0.341. The van der Waals surface area contributed by atoms with Crippen LogP contribution in [0.3, 0.4) is 0 Å². The molecule has 0 aliphatic heterocycles. The Balaban J connectivity index is 1.93. The third kappa shape index (κ3) is 3.35. The number of nitrogens with zero attached hydrogens (tertiary/aromatic N) is 3. The lowest BCUT2D eigenvalue weighted by Gasteiger charge is -1.94. The van der Waals surface area contributed by atoms with Gasteiger partial charge in [-0.05, 0) is 13.0 Å². The van der Waals surface area contributed by atoms with Crippen molar-refractivity contribution in [3.63, 3.8) is 0 Å². The second kappa shape index (κ2) is 6.19. The normalized spacial score (nSPS) is 10.4. The predicted octanol–water partition coefficient (Wildman–Crippen LogP) is 2.04. The fraction of sp³-hybridized carbons (Fsp3) is 0.300. The third-order valence-electron chi connectivity index (χ3n) is 2.02. The molecule has 0 saturated heterocycles. The van der Waals surface area contributed by atoms with Crippen LogP contribution in [-0.4, -0.2) is 27.7 Å². The largest absolute Gasteiger partial charge is 0.459 e. The van der Waals surface area contributed by atoms with Crippen molar-refractivity contribution < 1.29 is 23.3 Å². The standard InChI is InChI=1S/C10H9N3O6S/c1-2-17-9(14)8-11-12-10(19-8)20-5-6-3-4-7(18-6)13(15)16/h3-4H,2,5H2,1H3. The number of hydrogen-bond donors (Lipinski definition) is 0. The van der Waals surface area contributed by atoms with Crippen LogP contribution in [0.25, 0.3) is 0 Å². The van der Waals surface area contributed by atoms with Crippen molar-refractivity contribution in [2.75, 3.05) is 6.61 Å². The molecule has 0 amide bonds. The monoisotopic (exact) mass is 299 g/mol. The molecule has 2 heterocycles. The van der Waals surface area contributed by atoms with Gasteiger partial charge in [-0.3, -0.25) is 10.1 Å². The first-order valence-electron chi connectivity index (χ1n) is 5.46. The molecule has 0 aromatic carbocycles. The number of carbonyl (C=O) groups excluding carboxylic acids is 1. The molecule has 20 heavy (non-hydrogen) atoms. The number of ether oxygens (including phenoxy) is 1. The predicted molar refractivity (Wildman–Crippen MR) is 65.2 cm³/mol. The molecule has 0 bridgehead atoms. The summed E-state index contributed by atoms with van der Waals surface area (Å²) in [6.45, 7) is 1.87. The van der Waals surface area contributed by atoms with Crippen LogP contribution in [0.5, 0.6) is 0 Å². The zero-order valence-corrected chi connectivity index (χ0v) is 11.1. The van der Waals surface area contributed by atoms with Gasteiger partial charge in [0.2, 0.25) is 0 Å². The van der Waals surface area contributed by atoms with Gasteiger partial charge in [-0.25, -0.2) is 4.79 Å². The van der Waals surface area contributed by atoms with Gasteiger partial charge in [-0.2, -0.15) is 0 Å². The maximum Gasteiger partial charge on any atom is 0.433 e. The molecule has 0 radical (unpaired) electrons. The molecule has 0 N–H and O–H groups in total. The fourth-order valence-electron chi connectivity index (χ4n) is 1.22. The SMILES string of the molecule is CCOC(=O)c1nnc(SCc2ccc([N+](=O)[O-])o2)o1. The summed E-state index contributed by atoms with van der Waals surface area (Å²) in [5.74, 6) is -0.616. The first-order chi connectivity index (χ1) is 9.60. The molecule has 10 heteroatoms. The minimum Gasteiger partial charge on any atom is -0.459 e. The van der Waals surface area contributed by atoms with E-state index in [1.54, 1.807) is 6.92 Å². The van der Waals surface area contributed by atoms with Gasteiger partial charge in [-0.15, -0.1) is 5.10 Å². The summed E-state index contributed by atoms with van der Waals surface area (Å²) in [4.78, 5) is 21.1. The Morgan fingerprint density at radius 2 is 2.25 bits per heavy atom. The van der Waals surface area contributed by atoms with Crippen LogP contribution in [-0.2, 0) is 10.5 Å². The highest BCUT2D eigenvalue weighted by molar-refractivity contribution is 7.98. The van der Waals surface area contributed by atoms with E-state index in [0.717, 1.165) is 11.8 Å². The number of rotatable bonds is 6. The minimum absolute atomic E-state index is 0.145. The van der Waals surface area contributed by atoms with Crippen molar-refractivity contribution in [2.24, 2.45) is 0 Å². The third-order valence-corrected chi connectivity index (χ3v) is 2.86. The van der Waals surface area contributed by atoms with E-state index < -0.39 is 10.9 Å². The van der Waals surface area contributed by atoms with E-state index in [0.29, 0.717) is 5.76 Å². The first kappa shape index (κ1) is 14.1. The van der Waals surface area contributed by atoms with E-state index in [2.05, 4.69) is 10.2 Å². The van der Waals surface area contributed by atoms with E-state index in [9.17, 15) is 14.9 Å². The van der Waals surface area contributed by atoms with E-state index in [1.165, 1.54) is 12.1 Å². The van der Waals surface area contributed by atoms with Crippen molar-refractivity contribution in [3.8, 4) is 0 Å².